The number of amides is 1. The molecular weight excluding hydrogens is 695 g/mol. The van der Waals surface area contributed by atoms with Crippen LogP contribution in [0.5, 0.6) is 11.8 Å². The fourth-order valence-electron chi connectivity index (χ4n) is 8.18. The summed E-state index contributed by atoms with van der Waals surface area (Å²) in [4.78, 5) is 27.9. The van der Waals surface area contributed by atoms with Gasteiger partial charge in [-0.15, -0.1) is 11.3 Å². The average molecular weight is 728 g/mol. The molecule has 4 aliphatic heterocycles. The molecule has 3 saturated heterocycles. The summed E-state index contributed by atoms with van der Waals surface area (Å²) in [6.07, 6.45) is 1.63. The lowest BCUT2D eigenvalue weighted by molar-refractivity contribution is -0.134. The van der Waals surface area contributed by atoms with E-state index in [9.17, 15) is 14.4 Å². The van der Waals surface area contributed by atoms with Crippen LogP contribution in [-0.2, 0) is 9.53 Å². The Morgan fingerprint density at radius 2 is 2.08 bits per heavy atom. The van der Waals surface area contributed by atoms with E-state index < -0.39 is 23.3 Å². The van der Waals surface area contributed by atoms with Crippen molar-refractivity contribution < 1.29 is 32.2 Å². The van der Waals surface area contributed by atoms with E-state index in [1.54, 1.807) is 4.90 Å². The molecule has 8 rings (SSSR count). The molecule has 3 atom stereocenters. The summed E-state index contributed by atoms with van der Waals surface area (Å²) < 4.78 is 64.5. The summed E-state index contributed by atoms with van der Waals surface area (Å²) in [6.45, 7) is 2.51. The number of benzene rings is 2. The number of nitriles is 1. The number of halogens is 4. The quantitative estimate of drug-likeness (QED) is 0.268. The number of carbonyl (C=O) groups is 1. The maximum atomic E-state index is 17.2. The number of hydrogen-bond acceptors (Lipinski definition) is 11. The van der Waals surface area contributed by atoms with Crippen LogP contribution in [0.25, 0.3) is 32.1 Å². The molecule has 4 aliphatic rings. The zero-order valence-corrected chi connectivity index (χ0v) is 28.7. The Bertz CT molecular complexity index is 2100. The molecule has 16 heteroatoms. The Hall–Kier alpha value is -4.10. The molecule has 6 heterocycles. The van der Waals surface area contributed by atoms with E-state index in [0.29, 0.717) is 44.8 Å². The number of nitrogen functional groups attached to an aromatic ring is 1. The first-order valence-corrected chi connectivity index (χ1v) is 17.6. The second kappa shape index (κ2) is 12.6. The van der Waals surface area contributed by atoms with Gasteiger partial charge in [-0.1, -0.05) is 17.7 Å². The van der Waals surface area contributed by atoms with Gasteiger partial charge in [0.1, 0.15) is 54.2 Å². The number of thiophene rings is 1. The number of fused-ring (bicyclic) bond motifs is 2. The highest BCUT2D eigenvalue weighted by Gasteiger charge is 2.49. The number of nitrogens with zero attached hydrogens (tertiary/aromatic N) is 6. The maximum Gasteiger partial charge on any atom is 0.319 e. The lowest BCUT2D eigenvalue weighted by atomic mass is 9.95. The van der Waals surface area contributed by atoms with E-state index in [1.165, 1.54) is 19.2 Å². The molecule has 0 aliphatic carbocycles. The number of anilines is 2. The first kappa shape index (κ1) is 33.1. The van der Waals surface area contributed by atoms with Crippen molar-refractivity contribution in [3.05, 3.63) is 34.4 Å². The van der Waals surface area contributed by atoms with Gasteiger partial charge in [0.05, 0.1) is 32.8 Å². The van der Waals surface area contributed by atoms with Crippen molar-refractivity contribution in [2.75, 3.05) is 70.3 Å². The fourth-order valence-corrected chi connectivity index (χ4v) is 9.46. The van der Waals surface area contributed by atoms with Crippen LogP contribution < -0.4 is 20.1 Å². The smallest absolute Gasteiger partial charge is 0.319 e. The van der Waals surface area contributed by atoms with Crippen LogP contribution in [0, 0.1) is 23.0 Å². The molecule has 1 unspecified atom stereocenters. The van der Waals surface area contributed by atoms with Gasteiger partial charge in [-0.05, 0) is 37.4 Å². The Labute approximate surface area is 294 Å². The molecule has 4 aromatic rings. The molecule has 0 spiro atoms. The highest BCUT2D eigenvalue weighted by molar-refractivity contribution is 7.23. The molecule has 3 fully saturated rings. The van der Waals surface area contributed by atoms with Crippen LogP contribution in [0.3, 0.4) is 0 Å². The summed E-state index contributed by atoms with van der Waals surface area (Å²) in [5, 5.41) is 10.3. The minimum atomic E-state index is -0.971. The molecule has 1 amide bonds. The number of alkyl halides is 1. The fraction of sp³-hybridized carbons (Fsp3) is 0.471. The summed E-state index contributed by atoms with van der Waals surface area (Å²) >= 11 is 7.93. The van der Waals surface area contributed by atoms with Crippen LogP contribution in [0.1, 0.15) is 31.2 Å². The highest BCUT2D eigenvalue weighted by Crippen LogP contribution is 2.51. The molecule has 0 saturated carbocycles. The Kier molecular flexibility index (Phi) is 8.33. The summed E-state index contributed by atoms with van der Waals surface area (Å²) in [5.74, 6) is -1.14. The van der Waals surface area contributed by atoms with Crippen LogP contribution in [0.2, 0.25) is 5.02 Å². The standard InChI is InChI=1S/C34H33ClF3N7O4S/c1-47-15-22(46)43-8-5-18(14-43)45-9-10-48-29-25-28(41-33(42-32(25)45)49-16-34-6-2-7-44(34)13-17(36)11-34)27(38)24(26(29)35)19-3-4-21(37)30-23(19)20(12-39)31(40)50-30/h3-4,17-18H,2,5-11,13-16,40H2,1H3/t17-,18?,34+/m1/s1. The summed E-state index contributed by atoms with van der Waals surface area (Å²) in [5.41, 5.74) is 5.48. The molecule has 50 heavy (non-hydrogen) atoms. The molecular formula is C34H33ClF3N7O4S. The SMILES string of the molecule is COCC(=O)N1CCC(N2CCOc3c(Cl)c(-c4ccc(F)c5sc(N)c(C#N)c45)c(F)c4nc(OC[C@@]56CCCN5C[C@H](F)C6)nc2c34)C1. The lowest BCUT2D eigenvalue weighted by Crippen LogP contribution is -2.43. The van der Waals surface area contributed by atoms with Gasteiger partial charge in [0.2, 0.25) is 5.91 Å². The topological polar surface area (TPSA) is 130 Å². The number of methoxy groups -OCH3 is 1. The normalized spacial score (nSPS) is 23.4. The van der Waals surface area contributed by atoms with Gasteiger partial charge in [-0.25, -0.2) is 13.2 Å². The van der Waals surface area contributed by atoms with Gasteiger partial charge >= 0.3 is 6.01 Å². The molecule has 0 bridgehead atoms. The van der Waals surface area contributed by atoms with Crippen LogP contribution in [-0.4, -0.2) is 103 Å². The summed E-state index contributed by atoms with van der Waals surface area (Å²) in [7, 11) is 1.47. The molecule has 2 N–H and O–H groups in total. The molecule has 0 radical (unpaired) electrons. The van der Waals surface area contributed by atoms with E-state index in [4.69, 9.17) is 36.5 Å². The van der Waals surface area contributed by atoms with Gasteiger partial charge in [-0.2, -0.15) is 15.2 Å². The van der Waals surface area contributed by atoms with E-state index in [2.05, 4.69) is 9.88 Å². The van der Waals surface area contributed by atoms with Crippen molar-refractivity contribution in [2.45, 2.75) is 43.4 Å². The lowest BCUT2D eigenvalue weighted by Gasteiger charge is -2.31. The second-order valence-electron chi connectivity index (χ2n) is 13.3. The zero-order chi connectivity index (χ0) is 34.9. The van der Waals surface area contributed by atoms with Crippen molar-refractivity contribution >= 4 is 60.7 Å². The monoisotopic (exact) mass is 727 g/mol. The number of likely N-dealkylation sites (tertiary alicyclic amines) is 1. The number of nitrogens with two attached hydrogens (primary N) is 1. The third-order valence-corrected chi connectivity index (χ3v) is 11.8. The average Bonchev–Trinajstić information content (AvgIpc) is 3.84. The van der Waals surface area contributed by atoms with E-state index in [1.807, 2.05) is 11.0 Å². The van der Waals surface area contributed by atoms with Gasteiger partial charge in [0, 0.05) is 50.2 Å². The van der Waals surface area contributed by atoms with Crippen molar-refractivity contribution in [3.8, 4) is 29.0 Å². The van der Waals surface area contributed by atoms with Crippen molar-refractivity contribution in [1.29, 1.82) is 5.26 Å². The Balaban J connectivity index is 1.30. The first-order valence-electron chi connectivity index (χ1n) is 16.5. The third kappa shape index (κ3) is 5.18. The van der Waals surface area contributed by atoms with Crippen molar-refractivity contribution in [2.24, 2.45) is 0 Å². The van der Waals surface area contributed by atoms with Crippen LogP contribution >= 0.6 is 22.9 Å². The van der Waals surface area contributed by atoms with E-state index in [-0.39, 0.29) is 91.2 Å². The Morgan fingerprint density at radius 3 is 2.88 bits per heavy atom. The number of hydrogen-bond donors (Lipinski definition) is 1. The predicted molar refractivity (Wildman–Crippen MR) is 183 cm³/mol. The van der Waals surface area contributed by atoms with Gasteiger partial charge in [0.15, 0.2) is 11.6 Å². The third-order valence-electron chi connectivity index (χ3n) is 10.4. The second-order valence-corrected chi connectivity index (χ2v) is 14.7. The van der Waals surface area contributed by atoms with E-state index in [0.717, 1.165) is 30.7 Å². The Morgan fingerprint density at radius 1 is 1.24 bits per heavy atom. The minimum Gasteiger partial charge on any atom is -0.489 e. The van der Waals surface area contributed by atoms with Gasteiger partial charge in [0.25, 0.3) is 0 Å². The van der Waals surface area contributed by atoms with Crippen LogP contribution in [0.4, 0.5) is 24.0 Å². The van der Waals surface area contributed by atoms with Crippen LogP contribution in [0.15, 0.2) is 12.1 Å². The molecule has 11 nitrogen and oxygen atoms in total. The maximum absolute atomic E-state index is 17.2. The molecule has 2 aromatic carbocycles. The van der Waals surface area contributed by atoms with E-state index >= 15 is 8.78 Å². The van der Waals surface area contributed by atoms with Crippen molar-refractivity contribution in [3.63, 3.8) is 0 Å². The predicted octanol–water partition coefficient (Wildman–Crippen LogP) is 5.30. The molecule has 262 valence electrons. The zero-order valence-electron chi connectivity index (χ0n) is 27.1. The van der Waals surface area contributed by atoms with Gasteiger partial charge < -0.3 is 29.7 Å². The largest absolute Gasteiger partial charge is 0.489 e. The number of ether oxygens (including phenoxy) is 3. The van der Waals surface area contributed by atoms with Crippen molar-refractivity contribution in [1.82, 2.24) is 19.8 Å². The molecule has 2 aromatic heterocycles. The summed E-state index contributed by atoms with van der Waals surface area (Å²) in [6, 6.07) is 4.26. The number of carbonyl (C=O) groups excluding carboxylic acids is 1. The number of aromatic nitrogens is 2. The van der Waals surface area contributed by atoms with Gasteiger partial charge in [-0.3, -0.25) is 9.69 Å². The highest BCUT2D eigenvalue weighted by atomic mass is 35.5. The number of rotatable bonds is 7. The first-order chi connectivity index (χ1) is 24.1. The minimum absolute atomic E-state index is 0.0114.